The first-order valence-electron chi connectivity index (χ1n) is 12.5. The van der Waals surface area contributed by atoms with E-state index in [1.54, 1.807) is 5.56 Å². The van der Waals surface area contributed by atoms with Crippen LogP contribution in [0, 0.1) is 5.92 Å². The van der Waals surface area contributed by atoms with Gasteiger partial charge in [-0.3, -0.25) is 0 Å². The molecule has 0 bridgehead atoms. The van der Waals surface area contributed by atoms with Crippen LogP contribution >= 0.6 is 0 Å². The Hall–Kier alpha value is -1.56. The highest BCUT2D eigenvalue weighted by Crippen LogP contribution is 2.37. The maximum absolute atomic E-state index is 2.44. The highest BCUT2D eigenvalue weighted by molar-refractivity contribution is 5.26. The second-order valence-corrected chi connectivity index (χ2v) is 9.35. The minimum absolute atomic E-state index is 0.824. The third-order valence-electron chi connectivity index (χ3n) is 7.04. The van der Waals surface area contributed by atoms with E-state index in [9.17, 15) is 0 Å². The minimum Gasteiger partial charge on any atom is -0.0654 e. The van der Waals surface area contributed by atoms with Crippen molar-refractivity contribution in [2.45, 2.75) is 103 Å². The van der Waals surface area contributed by atoms with Crippen LogP contribution in [0.15, 0.2) is 54.6 Å². The average molecular weight is 391 g/mol. The molecule has 0 aliphatic heterocycles. The Labute approximate surface area is 180 Å². The van der Waals surface area contributed by atoms with E-state index in [0.29, 0.717) is 0 Å². The largest absolute Gasteiger partial charge is 0.0654 e. The molecule has 0 nitrogen and oxygen atoms in total. The maximum atomic E-state index is 2.44. The molecule has 0 heteroatoms. The van der Waals surface area contributed by atoms with Crippen LogP contribution in [0.5, 0.6) is 0 Å². The van der Waals surface area contributed by atoms with Gasteiger partial charge in [-0.2, -0.15) is 0 Å². The third kappa shape index (κ3) is 8.00. The molecule has 0 radical (unpaired) electrons. The van der Waals surface area contributed by atoms with E-state index in [1.165, 1.54) is 101 Å². The first kappa shape index (κ1) is 22.1. The van der Waals surface area contributed by atoms with Crippen molar-refractivity contribution in [2.24, 2.45) is 5.92 Å². The molecule has 0 atom stereocenters. The molecule has 29 heavy (non-hydrogen) atoms. The van der Waals surface area contributed by atoms with Gasteiger partial charge in [0, 0.05) is 0 Å². The Morgan fingerprint density at radius 1 is 0.621 bits per heavy atom. The topological polar surface area (TPSA) is 0 Å². The normalized spacial score (nSPS) is 19.3. The van der Waals surface area contributed by atoms with Gasteiger partial charge in [-0.25, -0.2) is 0 Å². The summed E-state index contributed by atoms with van der Waals surface area (Å²) in [6.45, 7) is 2.31. The smallest absolute Gasteiger partial charge is 0.0162 e. The van der Waals surface area contributed by atoms with Crippen LogP contribution in [-0.4, -0.2) is 0 Å². The molecule has 0 N–H and O–H groups in total. The highest BCUT2D eigenvalue weighted by atomic mass is 14.3. The lowest BCUT2D eigenvalue weighted by Crippen LogP contribution is -2.13. The van der Waals surface area contributed by atoms with Crippen LogP contribution in [0.4, 0.5) is 0 Å². The third-order valence-corrected chi connectivity index (χ3v) is 7.04. The molecule has 0 amide bonds. The van der Waals surface area contributed by atoms with E-state index in [-0.39, 0.29) is 0 Å². The zero-order chi connectivity index (χ0) is 20.2. The van der Waals surface area contributed by atoms with E-state index < -0.39 is 0 Å². The Balaban J connectivity index is 1.29. The molecular weight excluding hydrogens is 348 g/mol. The summed E-state index contributed by atoms with van der Waals surface area (Å²) in [7, 11) is 0. The van der Waals surface area contributed by atoms with E-state index in [0.717, 1.165) is 11.8 Å². The number of benzene rings is 2. The zero-order valence-electron chi connectivity index (χ0n) is 18.8. The molecule has 3 rings (SSSR count). The predicted molar refractivity (Wildman–Crippen MR) is 128 cm³/mol. The van der Waals surface area contributed by atoms with Crippen molar-refractivity contribution in [1.29, 1.82) is 0 Å². The summed E-state index contributed by atoms with van der Waals surface area (Å²) in [6.07, 6.45) is 19.3. The van der Waals surface area contributed by atoms with Crippen LogP contribution < -0.4 is 0 Å². The molecule has 0 unspecified atom stereocenters. The van der Waals surface area contributed by atoms with Gasteiger partial charge in [0.15, 0.2) is 0 Å². The fourth-order valence-electron chi connectivity index (χ4n) is 5.08. The van der Waals surface area contributed by atoms with Gasteiger partial charge in [0.25, 0.3) is 0 Å². The second-order valence-electron chi connectivity index (χ2n) is 9.35. The van der Waals surface area contributed by atoms with Gasteiger partial charge in [-0.05, 0) is 79.9 Å². The summed E-state index contributed by atoms with van der Waals surface area (Å²) < 4.78 is 0. The van der Waals surface area contributed by atoms with E-state index in [1.807, 2.05) is 0 Å². The minimum atomic E-state index is 0.824. The van der Waals surface area contributed by atoms with Crippen LogP contribution in [-0.2, 0) is 12.8 Å². The Morgan fingerprint density at radius 3 is 1.86 bits per heavy atom. The van der Waals surface area contributed by atoms with Gasteiger partial charge in [0.05, 0.1) is 0 Å². The molecule has 1 saturated carbocycles. The lowest BCUT2D eigenvalue weighted by atomic mass is 9.77. The summed E-state index contributed by atoms with van der Waals surface area (Å²) in [5.41, 5.74) is 4.62. The first-order chi connectivity index (χ1) is 14.3. The first-order valence-corrected chi connectivity index (χ1v) is 12.5. The molecule has 158 valence electrons. The molecule has 0 spiro atoms. The molecular formula is C29H42. The van der Waals surface area contributed by atoms with Gasteiger partial charge < -0.3 is 0 Å². The SMILES string of the molecule is CCCCCC1CCC(c2ccc(CCCCCCc3ccccc3)cc2)CC1. The van der Waals surface area contributed by atoms with Crippen molar-refractivity contribution in [3.63, 3.8) is 0 Å². The number of rotatable bonds is 12. The maximum Gasteiger partial charge on any atom is -0.0162 e. The highest BCUT2D eigenvalue weighted by Gasteiger charge is 2.21. The summed E-state index contributed by atoms with van der Waals surface area (Å²) in [5, 5.41) is 0. The molecule has 2 aromatic carbocycles. The summed E-state index contributed by atoms with van der Waals surface area (Å²) >= 11 is 0. The summed E-state index contributed by atoms with van der Waals surface area (Å²) in [6, 6.07) is 20.6. The molecule has 1 aliphatic carbocycles. The summed E-state index contributed by atoms with van der Waals surface area (Å²) in [5.74, 6) is 1.84. The lowest BCUT2D eigenvalue weighted by molar-refractivity contribution is 0.303. The van der Waals surface area contributed by atoms with E-state index >= 15 is 0 Å². The molecule has 1 aliphatic rings. The standard InChI is InChI=1S/C29H42/c1-2-3-7-12-26-17-21-28(22-18-26)29-23-19-27(20-24-29)16-9-5-4-8-13-25-14-10-6-11-15-25/h6,10-11,14-15,19-20,23-24,26,28H,2-5,7-9,12-13,16-18,21-22H2,1H3. The Kier molecular flexibility index (Phi) is 9.83. The van der Waals surface area contributed by atoms with Crippen LogP contribution in [0.25, 0.3) is 0 Å². The van der Waals surface area contributed by atoms with Crippen molar-refractivity contribution >= 4 is 0 Å². The van der Waals surface area contributed by atoms with Gasteiger partial charge in [-0.1, -0.05) is 100 Å². The fourth-order valence-corrected chi connectivity index (χ4v) is 5.08. The molecule has 0 heterocycles. The van der Waals surface area contributed by atoms with Gasteiger partial charge in [0.2, 0.25) is 0 Å². The van der Waals surface area contributed by atoms with Gasteiger partial charge in [0.1, 0.15) is 0 Å². The number of hydrogen-bond acceptors (Lipinski definition) is 0. The van der Waals surface area contributed by atoms with Crippen molar-refractivity contribution in [3.8, 4) is 0 Å². The predicted octanol–water partition coefficient (Wildman–Crippen LogP) is 8.89. The van der Waals surface area contributed by atoms with Gasteiger partial charge in [-0.15, -0.1) is 0 Å². The quantitative estimate of drug-likeness (QED) is 0.317. The molecule has 0 aromatic heterocycles. The van der Waals surface area contributed by atoms with Crippen LogP contribution in [0.2, 0.25) is 0 Å². The average Bonchev–Trinajstić information content (AvgIpc) is 2.78. The zero-order valence-corrected chi connectivity index (χ0v) is 18.8. The fraction of sp³-hybridized carbons (Fsp3) is 0.586. The molecule has 2 aromatic rings. The molecule has 0 saturated heterocycles. The molecule has 1 fully saturated rings. The van der Waals surface area contributed by atoms with E-state index in [2.05, 4.69) is 61.5 Å². The Bertz CT molecular complexity index is 646. The lowest BCUT2D eigenvalue weighted by Gasteiger charge is -2.29. The van der Waals surface area contributed by atoms with Crippen molar-refractivity contribution in [3.05, 3.63) is 71.3 Å². The number of aryl methyl sites for hydroxylation is 2. The van der Waals surface area contributed by atoms with Crippen LogP contribution in [0.1, 0.15) is 107 Å². The van der Waals surface area contributed by atoms with Crippen LogP contribution in [0.3, 0.4) is 0 Å². The van der Waals surface area contributed by atoms with Crippen molar-refractivity contribution in [1.82, 2.24) is 0 Å². The van der Waals surface area contributed by atoms with Crippen molar-refractivity contribution < 1.29 is 0 Å². The second kappa shape index (κ2) is 12.9. The number of hydrogen-bond donors (Lipinski definition) is 0. The van der Waals surface area contributed by atoms with Gasteiger partial charge >= 0.3 is 0 Å². The summed E-state index contributed by atoms with van der Waals surface area (Å²) in [4.78, 5) is 0. The number of unbranched alkanes of at least 4 members (excludes halogenated alkanes) is 5. The monoisotopic (exact) mass is 390 g/mol. The van der Waals surface area contributed by atoms with E-state index in [4.69, 9.17) is 0 Å². The Morgan fingerprint density at radius 2 is 1.24 bits per heavy atom. The van der Waals surface area contributed by atoms with Crippen molar-refractivity contribution in [2.75, 3.05) is 0 Å².